The number of aldehydes is 1. The molecular formula is C37H36ClN3O9S4. The summed E-state index contributed by atoms with van der Waals surface area (Å²) >= 11 is 0. The monoisotopic (exact) mass is 829 g/mol. The average Bonchev–Trinajstić information content (AvgIpc) is 3.78. The molecule has 0 unspecified atom stereocenters. The summed E-state index contributed by atoms with van der Waals surface area (Å²) in [5.74, 6) is 0. The maximum atomic E-state index is 13.2. The molecule has 12 nitrogen and oxygen atoms in total. The predicted octanol–water partition coefficient (Wildman–Crippen LogP) is 5.54. The zero-order chi connectivity index (χ0) is 38.6. The molecule has 0 bridgehead atoms. The highest BCUT2D eigenvalue weighted by atomic mass is 35.5. The fourth-order valence-electron chi connectivity index (χ4n) is 5.31. The number of carbonyl (C=O) groups excluding carboxylic acids is 1. The number of sulfone groups is 2. The molecule has 0 saturated carbocycles. The van der Waals surface area contributed by atoms with Crippen LogP contribution in [0.3, 0.4) is 0 Å². The van der Waals surface area contributed by atoms with Crippen LogP contribution in [0.5, 0.6) is 0 Å². The summed E-state index contributed by atoms with van der Waals surface area (Å²) in [6.07, 6.45) is 5.53. The van der Waals surface area contributed by atoms with Crippen molar-refractivity contribution in [3.05, 3.63) is 145 Å². The van der Waals surface area contributed by atoms with E-state index in [9.17, 15) is 38.5 Å². The van der Waals surface area contributed by atoms with E-state index in [-0.39, 0.29) is 37.6 Å². The Morgan fingerprint density at radius 3 is 1.28 bits per heavy atom. The summed E-state index contributed by atoms with van der Waals surface area (Å²) in [4.78, 5) is 11.2. The van der Waals surface area contributed by atoms with Crippen molar-refractivity contribution in [2.75, 3.05) is 19.6 Å². The fraction of sp³-hybridized carbons (Fsp3) is 0.108. The fourth-order valence-corrected chi connectivity index (χ4v) is 9.35. The van der Waals surface area contributed by atoms with Crippen LogP contribution in [0.4, 0.5) is 0 Å². The third-order valence-electron chi connectivity index (χ3n) is 7.92. The summed E-state index contributed by atoms with van der Waals surface area (Å²) < 4.78 is 101. The lowest BCUT2D eigenvalue weighted by molar-refractivity contribution is 0.112. The number of aromatic nitrogens is 2. The molecule has 2 heterocycles. The molecule has 0 aliphatic carbocycles. The van der Waals surface area contributed by atoms with Gasteiger partial charge in [0.2, 0.25) is 0 Å². The molecule has 0 fully saturated rings. The number of hydrogen-bond acceptors (Lipinski definition) is 10. The van der Waals surface area contributed by atoms with Crippen LogP contribution in [0.15, 0.2) is 153 Å². The largest absolute Gasteiger partial charge is 0.316 e. The van der Waals surface area contributed by atoms with Crippen LogP contribution >= 0.6 is 12.4 Å². The van der Waals surface area contributed by atoms with Gasteiger partial charge >= 0.3 is 0 Å². The van der Waals surface area contributed by atoms with Gasteiger partial charge in [0, 0.05) is 37.0 Å². The lowest BCUT2D eigenvalue weighted by Crippen LogP contribution is -2.13. The zero-order valence-electron chi connectivity index (χ0n) is 29.1. The number of halogens is 1. The highest BCUT2D eigenvalue weighted by Crippen LogP contribution is 2.29. The van der Waals surface area contributed by atoms with Crippen LogP contribution in [-0.4, -0.2) is 67.5 Å². The van der Waals surface area contributed by atoms with Crippen molar-refractivity contribution in [3.63, 3.8) is 0 Å². The van der Waals surface area contributed by atoms with Crippen LogP contribution in [0.1, 0.15) is 15.9 Å². The maximum Gasteiger partial charge on any atom is 0.268 e. The highest BCUT2D eigenvalue weighted by molar-refractivity contribution is 7.91. The molecule has 17 heteroatoms. The molecule has 2 aromatic heterocycles. The molecule has 0 aliphatic heterocycles. The van der Waals surface area contributed by atoms with Gasteiger partial charge in [-0.25, -0.2) is 41.6 Å². The molecule has 0 radical (unpaired) electrons. The van der Waals surface area contributed by atoms with Crippen molar-refractivity contribution in [2.45, 2.75) is 26.1 Å². The van der Waals surface area contributed by atoms with E-state index in [1.807, 2.05) is 36.4 Å². The molecule has 54 heavy (non-hydrogen) atoms. The van der Waals surface area contributed by atoms with Crippen LogP contribution in [0, 0.1) is 0 Å². The number of nitrogens with one attached hydrogen (secondary N) is 1. The SMILES string of the molecule is CNCc1cc(-c2ccccc2)n(S(=O)(=O)c2ccc(S(C)(=O)=O)cc2)c1.CS(=O)(=O)c1ccc(S(=O)(=O)n2cc(C=O)cc2-c2ccccc2)cc1.Cl. The van der Waals surface area contributed by atoms with Gasteiger partial charge in [0.15, 0.2) is 26.0 Å². The maximum absolute atomic E-state index is 13.2. The Morgan fingerprint density at radius 2 is 0.907 bits per heavy atom. The number of carbonyl (C=O) groups is 1. The van der Waals surface area contributed by atoms with E-state index < -0.39 is 39.7 Å². The molecule has 1 N–H and O–H groups in total. The third-order valence-corrected chi connectivity index (χ3v) is 13.6. The van der Waals surface area contributed by atoms with Gasteiger partial charge in [-0.15, -0.1) is 12.4 Å². The molecule has 0 aliphatic rings. The molecule has 0 spiro atoms. The highest BCUT2D eigenvalue weighted by Gasteiger charge is 2.24. The summed E-state index contributed by atoms with van der Waals surface area (Å²) in [5, 5.41) is 3.02. The van der Waals surface area contributed by atoms with Crippen molar-refractivity contribution >= 4 is 58.4 Å². The standard InChI is InChI=1S/C19H20N2O4S2.C18H15NO5S2.ClH/c1-20-13-15-12-19(16-6-4-3-5-7-16)21(14-15)27(24,25)18-10-8-17(9-11-18)26(2,22)23;1-25(21,22)16-7-9-17(10-8-16)26(23,24)19-12-14(13-20)11-18(19)15-5-3-2-4-6-15;/h3-12,14,20H,13H2,1-2H3;2-13H,1H3;1H. The van der Waals surface area contributed by atoms with E-state index in [0.717, 1.165) is 27.6 Å². The Hall–Kier alpha value is -4.84. The van der Waals surface area contributed by atoms with Crippen LogP contribution in [-0.2, 0) is 46.3 Å². The minimum atomic E-state index is -4.01. The van der Waals surface area contributed by atoms with Gasteiger partial charge in [-0.1, -0.05) is 60.7 Å². The smallest absolute Gasteiger partial charge is 0.268 e. The Labute approximate surface area is 321 Å². The molecular weight excluding hydrogens is 794 g/mol. The predicted molar refractivity (Wildman–Crippen MR) is 209 cm³/mol. The molecule has 6 aromatic rings. The van der Waals surface area contributed by atoms with Crippen molar-refractivity contribution in [1.29, 1.82) is 0 Å². The third kappa shape index (κ3) is 9.26. The molecule has 284 valence electrons. The van der Waals surface area contributed by atoms with E-state index in [1.165, 1.54) is 64.8 Å². The minimum absolute atomic E-state index is 0. The van der Waals surface area contributed by atoms with Gasteiger partial charge in [0.05, 0.1) is 31.0 Å². The average molecular weight is 830 g/mol. The Balaban J connectivity index is 0.000000236. The number of rotatable bonds is 11. The number of benzene rings is 4. The summed E-state index contributed by atoms with van der Waals surface area (Å²) in [6, 6.07) is 31.6. The summed E-state index contributed by atoms with van der Waals surface area (Å²) in [6.45, 7) is 0.523. The second kappa shape index (κ2) is 16.7. The van der Waals surface area contributed by atoms with Gasteiger partial charge in [0.1, 0.15) is 0 Å². The minimum Gasteiger partial charge on any atom is -0.316 e. The van der Waals surface area contributed by atoms with Gasteiger partial charge in [0.25, 0.3) is 20.0 Å². The van der Waals surface area contributed by atoms with E-state index in [2.05, 4.69) is 5.32 Å². The zero-order valence-corrected chi connectivity index (χ0v) is 33.2. The topological polar surface area (TPSA) is 176 Å². The number of hydrogen-bond donors (Lipinski definition) is 1. The first-order chi connectivity index (χ1) is 25.0. The van der Waals surface area contributed by atoms with E-state index >= 15 is 0 Å². The van der Waals surface area contributed by atoms with Crippen LogP contribution in [0.25, 0.3) is 22.5 Å². The lowest BCUT2D eigenvalue weighted by Gasteiger charge is -2.11. The van der Waals surface area contributed by atoms with Crippen molar-refractivity contribution in [3.8, 4) is 22.5 Å². The van der Waals surface area contributed by atoms with Gasteiger partial charge in [-0.2, -0.15) is 0 Å². The molecule has 6 rings (SSSR count). The van der Waals surface area contributed by atoms with Gasteiger partial charge in [-0.05, 0) is 84.4 Å². The second-order valence-corrected chi connectivity index (χ2v) is 19.5. The molecule has 0 saturated heterocycles. The van der Waals surface area contributed by atoms with Crippen molar-refractivity contribution in [2.24, 2.45) is 0 Å². The Morgan fingerprint density at radius 1 is 0.537 bits per heavy atom. The molecule has 0 amide bonds. The summed E-state index contributed by atoms with van der Waals surface area (Å²) in [5.41, 5.74) is 3.36. The van der Waals surface area contributed by atoms with E-state index in [1.54, 1.807) is 43.6 Å². The van der Waals surface area contributed by atoms with E-state index in [4.69, 9.17) is 0 Å². The quantitative estimate of drug-likeness (QED) is 0.163. The van der Waals surface area contributed by atoms with Gasteiger partial charge < -0.3 is 5.32 Å². The normalized spacial score (nSPS) is 11.9. The van der Waals surface area contributed by atoms with Crippen LogP contribution < -0.4 is 5.32 Å². The molecule has 0 atom stereocenters. The first-order valence-corrected chi connectivity index (χ1v) is 22.4. The van der Waals surface area contributed by atoms with Crippen LogP contribution in [0.2, 0.25) is 0 Å². The Bertz CT molecular complexity index is 2700. The lowest BCUT2D eigenvalue weighted by atomic mass is 10.1. The van der Waals surface area contributed by atoms with Crippen molar-refractivity contribution < 1.29 is 38.5 Å². The second-order valence-electron chi connectivity index (χ2n) is 11.9. The van der Waals surface area contributed by atoms with Crippen molar-refractivity contribution in [1.82, 2.24) is 13.3 Å². The number of nitrogens with zero attached hydrogens (tertiary/aromatic N) is 2. The molecule has 4 aromatic carbocycles. The Kier molecular flexibility index (Phi) is 12.9. The van der Waals surface area contributed by atoms with E-state index in [0.29, 0.717) is 29.8 Å². The first-order valence-electron chi connectivity index (χ1n) is 15.7. The van der Waals surface area contributed by atoms with Gasteiger partial charge in [-0.3, -0.25) is 4.79 Å². The first kappa shape index (κ1) is 41.9. The summed E-state index contributed by atoms with van der Waals surface area (Å²) in [7, 11) is -12.9.